The lowest BCUT2D eigenvalue weighted by Gasteiger charge is -2.07. The molecule has 0 saturated heterocycles. The highest BCUT2D eigenvalue weighted by Crippen LogP contribution is 2.28. The largest absolute Gasteiger partial charge is 0.462 e. The normalized spacial score (nSPS) is 10.6. The molecule has 0 spiro atoms. The number of esters is 1. The van der Waals surface area contributed by atoms with Gasteiger partial charge in [0.1, 0.15) is 27.7 Å². The number of rotatable bonds is 9. The third-order valence-electron chi connectivity index (χ3n) is 4.53. The highest BCUT2D eigenvalue weighted by atomic mass is 32.2. The second-order valence-electron chi connectivity index (χ2n) is 6.97. The van der Waals surface area contributed by atoms with Crippen LogP contribution in [0.1, 0.15) is 45.6 Å². The number of thioether (sulfide) groups is 1. The topological polar surface area (TPSA) is 137 Å². The van der Waals surface area contributed by atoms with Crippen molar-refractivity contribution in [2.24, 2.45) is 5.73 Å². The third-order valence-corrected chi connectivity index (χ3v) is 5.44. The van der Waals surface area contributed by atoms with Crippen LogP contribution in [0.5, 0.6) is 0 Å². The number of hydrogen-bond donors (Lipinski definition) is 2. The van der Waals surface area contributed by atoms with Gasteiger partial charge in [0, 0.05) is 17.7 Å². The van der Waals surface area contributed by atoms with Crippen LogP contribution in [0.15, 0.2) is 45.8 Å². The zero-order valence-corrected chi connectivity index (χ0v) is 19.3. The number of ether oxygens (including phenoxy) is 1. The fourth-order valence-electron chi connectivity index (χ4n) is 3.13. The summed E-state index contributed by atoms with van der Waals surface area (Å²) in [5.74, 6) is -1.01. The van der Waals surface area contributed by atoms with Gasteiger partial charge in [-0.1, -0.05) is 30.3 Å². The van der Waals surface area contributed by atoms with Crippen LogP contribution in [0.4, 0.5) is 5.88 Å². The van der Waals surface area contributed by atoms with E-state index in [1.165, 1.54) is 18.7 Å². The highest BCUT2D eigenvalue weighted by molar-refractivity contribution is 7.99. The molecule has 0 aliphatic carbocycles. The smallest absolute Gasteiger partial charge is 0.342 e. The summed E-state index contributed by atoms with van der Waals surface area (Å²) in [4.78, 5) is 45.4. The van der Waals surface area contributed by atoms with Crippen molar-refractivity contribution in [3.63, 3.8) is 0 Å². The summed E-state index contributed by atoms with van der Waals surface area (Å²) in [6.07, 6.45) is 0.112. The fourth-order valence-corrected chi connectivity index (χ4v) is 4.01. The van der Waals surface area contributed by atoms with E-state index < -0.39 is 17.8 Å². The summed E-state index contributed by atoms with van der Waals surface area (Å²) in [6, 6.07) is 11.6. The summed E-state index contributed by atoms with van der Waals surface area (Å²) in [7, 11) is 0. The lowest BCUT2D eigenvalue weighted by Crippen LogP contribution is -2.20. The van der Waals surface area contributed by atoms with Crippen LogP contribution < -0.4 is 11.1 Å². The molecule has 0 unspecified atom stereocenters. The van der Waals surface area contributed by atoms with Gasteiger partial charge >= 0.3 is 5.97 Å². The number of aryl methyl sites for hydroxylation is 2. The number of benzene rings is 1. The van der Waals surface area contributed by atoms with Gasteiger partial charge in [0.05, 0.1) is 12.3 Å². The van der Waals surface area contributed by atoms with Crippen molar-refractivity contribution in [3.05, 3.63) is 59.1 Å². The molecule has 0 saturated carbocycles. The van der Waals surface area contributed by atoms with Gasteiger partial charge in [0.2, 0.25) is 11.8 Å². The van der Waals surface area contributed by atoms with E-state index in [0.29, 0.717) is 11.6 Å². The third kappa shape index (κ3) is 5.98. The van der Waals surface area contributed by atoms with Gasteiger partial charge in [-0.05, 0) is 26.8 Å². The number of amides is 2. The molecule has 0 radical (unpaired) electrons. The first-order valence-corrected chi connectivity index (χ1v) is 11.2. The van der Waals surface area contributed by atoms with Crippen LogP contribution in [0.3, 0.4) is 0 Å². The minimum atomic E-state index is -0.899. The lowest BCUT2D eigenvalue weighted by molar-refractivity contribution is -0.115. The zero-order valence-electron chi connectivity index (χ0n) is 18.5. The number of aromatic nitrogens is 2. The standard InChI is InChI=1S/C23H24N4O5S/c1-4-31-23(30)19-13(2)32-22(20(19)21(24)29)27-17(28)10-11-33-18-12-16(25-14(3)26-18)15-8-6-5-7-9-15/h5-9,12H,4,10-11H2,1-3H3,(H2,24,29)(H,27,28). The molecular formula is C23H24N4O5S. The molecule has 2 amide bonds. The Morgan fingerprint density at radius 2 is 1.85 bits per heavy atom. The van der Waals surface area contributed by atoms with E-state index in [0.717, 1.165) is 16.3 Å². The number of nitrogens with zero attached hydrogens (tertiary/aromatic N) is 2. The van der Waals surface area contributed by atoms with Gasteiger partial charge < -0.3 is 14.9 Å². The predicted octanol–water partition coefficient (Wildman–Crippen LogP) is 3.75. The Labute approximate surface area is 195 Å². The lowest BCUT2D eigenvalue weighted by atomic mass is 10.1. The van der Waals surface area contributed by atoms with Gasteiger partial charge in [-0.15, -0.1) is 11.8 Å². The number of primary amides is 1. The van der Waals surface area contributed by atoms with E-state index in [4.69, 9.17) is 14.9 Å². The molecule has 1 aromatic carbocycles. The molecule has 0 aliphatic heterocycles. The van der Waals surface area contributed by atoms with Crippen molar-refractivity contribution in [1.29, 1.82) is 0 Å². The Morgan fingerprint density at radius 1 is 1.12 bits per heavy atom. The Hall–Kier alpha value is -3.66. The van der Waals surface area contributed by atoms with E-state index in [9.17, 15) is 14.4 Å². The second kappa shape index (κ2) is 10.8. The molecule has 3 aromatic rings. The maximum Gasteiger partial charge on any atom is 0.342 e. The number of nitrogens with one attached hydrogen (secondary N) is 1. The van der Waals surface area contributed by atoms with Gasteiger partial charge in [-0.25, -0.2) is 14.8 Å². The van der Waals surface area contributed by atoms with E-state index in [1.54, 1.807) is 6.92 Å². The monoisotopic (exact) mass is 468 g/mol. The molecule has 9 nitrogen and oxygen atoms in total. The number of anilines is 1. The molecule has 172 valence electrons. The zero-order chi connectivity index (χ0) is 24.0. The van der Waals surface area contributed by atoms with Gasteiger partial charge in [-0.3, -0.25) is 14.9 Å². The van der Waals surface area contributed by atoms with Gasteiger partial charge in [0.15, 0.2) is 0 Å². The van der Waals surface area contributed by atoms with E-state index in [-0.39, 0.29) is 35.8 Å². The molecule has 0 atom stereocenters. The molecular weight excluding hydrogens is 444 g/mol. The van der Waals surface area contributed by atoms with Crippen molar-refractivity contribution >= 4 is 35.4 Å². The Morgan fingerprint density at radius 3 is 2.52 bits per heavy atom. The molecule has 3 rings (SSSR count). The number of carbonyl (C=O) groups excluding carboxylic acids is 3. The Kier molecular flexibility index (Phi) is 7.83. The van der Waals surface area contributed by atoms with Crippen LogP contribution in [0.25, 0.3) is 11.3 Å². The van der Waals surface area contributed by atoms with Gasteiger partial charge in [-0.2, -0.15) is 0 Å². The van der Waals surface area contributed by atoms with E-state index in [2.05, 4.69) is 15.3 Å². The fraction of sp³-hybridized carbons (Fsp3) is 0.261. The molecule has 2 aromatic heterocycles. The van der Waals surface area contributed by atoms with Crippen molar-refractivity contribution < 1.29 is 23.5 Å². The summed E-state index contributed by atoms with van der Waals surface area (Å²) in [5, 5.41) is 3.27. The molecule has 0 aliphatic rings. The maximum absolute atomic E-state index is 12.5. The van der Waals surface area contributed by atoms with Crippen LogP contribution in [0, 0.1) is 13.8 Å². The summed E-state index contributed by atoms with van der Waals surface area (Å²) in [5.41, 5.74) is 6.91. The first-order chi connectivity index (χ1) is 15.8. The van der Waals surface area contributed by atoms with Crippen LogP contribution in [-0.4, -0.2) is 40.1 Å². The van der Waals surface area contributed by atoms with E-state index >= 15 is 0 Å². The highest BCUT2D eigenvalue weighted by Gasteiger charge is 2.29. The molecule has 3 N–H and O–H groups in total. The second-order valence-corrected chi connectivity index (χ2v) is 8.09. The number of furan rings is 1. The maximum atomic E-state index is 12.5. The van der Waals surface area contributed by atoms with Crippen LogP contribution in [0.2, 0.25) is 0 Å². The van der Waals surface area contributed by atoms with E-state index in [1.807, 2.05) is 43.3 Å². The Balaban J connectivity index is 1.66. The van der Waals surface area contributed by atoms with Crippen LogP contribution in [-0.2, 0) is 9.53 Å². The average Bonchev–Trinajstić information content (AvgIpc) is 3.10. The van der Waals surface area contributed by atoms with Crippen LogP contribution >= 0.6 is 11.8 Å². The van der Waals surface area contributed by atoms with Crippen molar-refractivity contribution in [1.82, 2.24) is 9.97 Å². The van der Waals surface area contributed by atoms with Gasteiger partial charge in [0.25, 0.3) is 5.91 Å². The number of hydrogen-bond acceptors (Lipinski definition) is 8. The SMILES string of the molecule is CCOC(=O)c1c(C)oc(NC(=O)CCSc2cc(-c3ccccc3)nc(C)n2)c1C(N)=O. The molecule has 33 heavy (non-hydrogen) atoms. The molecule has 10 heteroatoms. The van der Waals surface area contributed by atoms with Crippen molar-refractivity contribution in [3.8, 4) is 11.3 Å². The molecule has 0 bridgehead atoms. The summed E-state index contributed by atoms with van der Waals surface area (Å²) >= 11 is 1.40. The predicted molar refractivity (Wildman–Crippen MR) is 124 cm³/mol. The first-order valence-electron chi connectivity index (χ1n) is 10.2. The minimum absolute atomic E-state index is 0.0843. The Bertz CT molecular complexity index is 1180. The number of nitrogens with two attached hydrogens (primary N) is 1. The average molecular weight is 469 g/mol. The quantitative estimate of drug-likeness (QED) is 0.275. The van der Waals surface area contributed by atoms with Crippen molar-refractivity contribution in [2.45, 2.75) is 32.2 Å². The summed E-state index contributed by atoms with van der Waals surface area (Å²) in [6.45, 7) is 5.07. The number of carbonyl (C=O) groups is 3. The molecule has 0 fully saturated rings. The first kappa shape index (κ1) is 24.0. The minimum Gasteiger partial charge on any atom is -0.462 e. The summed E-state index contributed by atoms with van der Waals surface area (Å²) < 4.78 is 10.4. The molecule has 2 heterocycles. The van der Waals surface area contributed by atoms with Crippen molar-refractivity contribution in [2.75, 3.05) is 17.7 Å².